The highest BCUT2D eigenvalue weighted by Gasteiger charge is 2.17. The summed E-state index contributed by atoms with van der Waals surface area (Å²) in [7, 11) is -3.57. The molecule has 2 N–H and O–H groups in total. The minimum absolute atomic E-state index is 0.255. The molecule has 0 spiro atoms. The summed E-state index contributed by atoms with van der Waals surface area (Å²) in [6.07, 6.45) is 2.37. The van der Waals surface area contributed by atoms with E-state index in [0.29, 0.717) is 19.0 Å². The van der Waals surface area contributed by atoms with Crippen LogP contribution in [0.25, 0.3) is 22.2 Å². The van der Waals surface area contributed by atoms with Crippen molar-refractivity contribution < 1.29 is 8.42 Å². The number of nitrogens with zero attached hydrogens (tertiary/aromatic N) is 4. The first-order valence-corrected chi connectivity index (χ1v) is 14.5. The van der Waals surface area contributed by atoms with Crippen LogP contribution < -0.4 is 10.0 Å². The largest absolute Gasteiger partial charge is 0.349 e. The van der Waals surface area contributed by atoms with Crippen molar-refractivity contribution in [1.82, 2.24) is 24.8 Å². The lowest BCUT2D eigenvalue weighted by molar-refractivity contribution is 0.344. The van der Waals surface area contributed by atoms with Gasteiger partial charge in [-0.05, 0) is 104 Å². The summed E-state index contributed by atoms with van der Waals surface area (Å²) >= 11 is 0. The van der Waals surface area contributed by atoms with Crippen LogP contribution in [0.4, 0.5) is 5.95 Å². The van der Waals surface area contributed by atoms with Crippen LogP contribution in [0.2, 0.25) is 0 Å². The molecule has 0 aliphatic carbocycles. The summed E-state index contributed by atoms with van der Waals surface area (Å²) in [6, 6.07) is 17.4. The number of benzene rings is 3. The van der Waals surface area contributed by atoms with Gasteiger partial charge < -0.3 is 10.2 Å². The first kappa shape index (κ1) is 26.2. The molecule has 1 aliphatic heterocycles. The molecule has 0 atom stereocenters. The van der Waals surface area contributed by atoms with Gasteiger partial charge in [-0.15, -0.1) is 10.2 Å². The molecule has 0 saturated carbocycles. The molecule has 3 aromatic carbocycles. The van der Waals surface area contributed by atoms with Crippen molar-refractivity contribution in [2.24, 2.45) is 0 Å². The number of fused-ring (bicyclic) bond motifs is 1. The quantitative estimate of drug-likeness (QED) is 0.326. The van der Waals surface area contributed by atoms with E-state index in [1.165, 1.54) is 29.5 Å². The van der Waals surface area contributed by atoms with Gasteiger partial charge in [-0.1, -0.05) is 30.3 Å². The van der Waals surface area contributed by atoms with E-state index in [-0.39, 0.29) is 4.90 Å². The molecule has 0 amide bonds. The van der Waals surface area contributed by atoms with E-state index < -0.39 is 10.0 Å². The summed E-state index contributed by atoms with van der Waals surface area (Å²) < 4.78 is 28.3. The molecule has 1 aromatic heterocycles. The Labute approximate surface area is 224 Å². The number of aromatic nitrogens is 3. The molecule has 2 heterocycles. The van der Waals surface area contributed by atoms with Gasteiger partial charge in [0, 0.05) is 19.6 Å². The van der Waals surface area contributed by atoms with Crippen molar-refractivity contribution in [3.63, 3.8) is 0 Å². The lowest BCUT2D eigenvalue weighted by Crippen LogP contribution is -2.33. The zero-order valence-corrected chi connectivity index (χ0v) is 23.0. The lowest BCUT2D eigenvalue weighted by Gasteiger charge is -2.15. The van der Waals surface area contributed by atoms with Gasteiger partial charge in [-0.25, -0.2) is 18.1 Å². The Kier molecular flexibility index (Phi) is 7.69. The Balaban J connectivity index is 1.28. The number of likely N-dealkylation sites (tertiary alicyclic amines) is 1. The normalized spacial score (nSPS) is 14.3. The molecule has 38 heavy (non-hydrogen) atoms. The molecule has 0 bridgehead atoms. The SMILES string of the molecule is Cc1cccc(C)c1-c1cc(C)c2nc(NCc3cccc(S(=O)(=O)NCCN4CCCC4)c3)nnc2c1. The molecular formula is C29H34N6O2S. The predicted octanol–water partition coefficient (Wildman–Crippen LogP) is 4.60. The number of hydrogen-bond acceptors (Lipinski definition) is 7. The number of rotatable bonds is 9. The molecular weight excluding hydrogens is 496 g/mol. The Morgan fingerprint density at radius 3 is 2.39 bits per heavy atom. The van der Waals surface area contributed by atoms with Gasteiger partial charge in [-0.3, -0.25) is 0 Å². The average molecular weight is 531 g/mol. The highest BCUT2D eigenvalue weighted by molar-refractivity contribution is 7.89. The second kappa shape index (κ2) is 11.1. The Hall–Kier alpha value is -3.40. The van der Waals surface area contributed by atoms with Crippen molar-refractivity contribution in [2.45, 2.75) is 45.1 Å². The van der Waals surface area contributed by atoms with Gasteiger partial charge in [0.05, 0.1) is 10.4 Å². The molecule has 5 rings (SSSR count). The van der Waals surface area contributed by atoms with Gasteiger partial charge in [-0.2, -0.15) is 0 Å². The monoisotopic (exact) mass is 530 g/mol. The maximum Gasteiger partial charge on any atom is 0.243 e. The minimum Gasteiger partial charge on any atom is -0.349 e. The third-order valence-corrected chi connectivity index (χ3v) is 8.56. The number of sulfonamides is 1. The summed E-state index contributed by atoms with van der Waals surface area (Å²) in [5, 5.41) is 11.9. The highest BCUT2D eigenvalue weighted by Crippen LogP contribution is 2.30. The summed E-state index contributed by atoms with van der Waals surface area (Å²) in [4.78, 5) is 7.24. The van der Waals surface area contributed by atoms with Crippen LogP contribution in [0.1, 0.15) is 35.1 Å². The van der Waals surface area contributed by atoms with Crippen LogP contribution in [-0.2, 0) is 16.6 Å². The molecule has 8 nitrogen and oxygen atoms in total. The Morgan fingerprint density at radius 1 is 0.895 bits per heavy atom. The van der Waals surface area contributed by atoms with Crippen LogP contribution >= 0.6 is 0 Å². The molecule has 1 fully saturated rings. The van der Waals surface area contributed by atoms with Crippen LogP contribution in [0.15, 0.2) is 59.5 Å². The minimum atomic E-state index is -3.57. The maximum absolute atomic E-state index is 12.8. The fourth-order valence-electron chi connectivity index (χ4n) is 5.13. The standard InChI is InChI=1S/C29H34N6O2S/c1-20-8-6-9-21(2)27(20)24-16-22(3)28-26(18-24)33-34-29(32-28)30-19-23-10-7-11-25(17-23)38(36,37)31-12-15-35-13-4-5-14-35/h6-11,16-18,31H,4-5,12-15,19H2,1-3H3,(H,30,32,34). The number of hydrogen-bond donors (Lipinski definition) is 2. The zero-order chi connectivity index (χ0) is 26.7. The van der Waals surface area contributed by atoms with Crippen LogP contribution in [0, 0.1) is 20.8 Å². The number of anilines is 1. The van der Waals surface area contributed by atoms with Crippen LogP contribution in [-0.4, -0.2) is 54.7 Å². The van der Waals surface area contributed by atoms with Crippen molar-refractivity contribution in [3.05, 3.63) is 76.9 Å². The average Bonchev–Trinajstić information content (AvgIpc) is 3.41. The van der Waals surface area contributed by atoms with Gasteiger partial charge in [0.1, 0.15) is 5.52 Å². The lowest BCUT2D eigenvalue weighted by atomic mass is 9.94. The molecule has 9 heteroatoms. The predicted molar refractivity (Wildman–Crippen MR) is 152 cm³/mol. The van der Waals surface area contributed by atoms with E-state index in [1.54, 1.807) is 18.2 Å². The van der Waals surface area contributed by atoms with Crippen molar-refractivity contribution >= 4 is 27.0 Å². The zero-order valence-electron chi connectivity index (χ0n) is 22.2. The Morgan fingerprint density at radius 2 is 1.63 bits per heavy atom. The number of aryl methyl sites for hydroxylation is 3. The fourth-order valence-corrected chi connectivity index (χ4v) is 6.22. The third-order valence-electron chi connectivity index (χ3n) is 7.10. The van der Waals surface area contributed by atoms with Crippen molar-refractivity contribution in [3.8, 4) is 11.1 Å². The van der Waals surface area contributed by atoms with Gasteiger partial charge in [0.25, 0.3) is 0 Å². The van der Waals surface area contributed by atoms with Gasteiger partial charge in [0.2, 0.25) is 16.0 Å². The molecule has 198 valence electrons. The second-order valence-electron chi connectivity index (χ2n) is 10.0. The van der Waals surface area contributed by atoms with Gasteiger partial charge >= 0.3 is 0 Å². The third kappa shape index (κ3) is 5.85. The molecule has 1 saturated heterocycles. The second-order valence-corrected chi connectivity index (χ2v) is 11.8. The van der Waals surface area contributed by atoms with Crippen LogP contribution in [0.5, 0.6) is 0 Å². The van der Waals surface area contributed by atoms with Crippen molar-refractivity contribution in [2.75, 3.05) is 31.5 Å². The van der Waals surface area contributed by atoms with E-state index in [1.807, 2.05) is 19.1 Å². The fraction of sp³-hybridized carbons (Fsp3) is 0.345. The smallest absolute Gasteiger partial charge is 0.243 e. The van der Waals surface area contributed by atoms with Gasteiger partial charge in [0.15, 0.2) is 0 Å². The van der Waals surface area contributed by atoms with Crippen LogP contribution in [0.3, 0.4) is 0 Å². The maximum atomic E-state index is 12.8. The number of nitrogens with one attached hydrogen (secondary N) is 2. The summed E-state index contributed by atoms with van der Waals surface area (Å²) in [5.74, 6) is 0.400. The molecule has 1 aliphatic rings. The summed E-state index contributed by atoms with van der Waals surface area (Å²) in [5.41, 5.74) is 8.11. The van der Waals surface area contributed by atoms with Crippen molar-refractivity contribution in [1.29, 1.82) is 0 Å². The molecule has 0 radical (unpaired) electrons. The van der Waals surface area contributed by atoms with E-state index in [0.717, 1.165) is 47.4 Å². The molecule has 0 unspecified atom stereocenters. The summed E-state index contributed by atoms with van der Waals surface area (Å²) in [6.45, 7) is 9.87. The molecule has 4 aromatic rings. The van der Waals surface area contributed by atoms with E-state index in [4.69, 9.17) is 4.98 Å². The first-order chi connectivity index (χ1) is 18.3. The van der Waals surface area contributed by atoms with E-state index in [2.05, 4.69) is 63.2 Å². The van der Waals surface area contributed by atoms with E-state index >= 15 is 0 Å². The van der Waals surface area contributed by atoms with E-state index in [9.17, 15) is 8.42 Å². The first-order valence-electron chi connectivity index (χ1n) is 13.1. The highest BCUT2D eigenvalue weighted by atomic mass is 32.2. The Bertz CT molecular complexity index is 1540. The topological polar surface area (TPSA) is 100 Å².